The van der Waals surface area contributed by atoms with E-state index < -0.39 is 22.0 Å². The molecule has 1 atom stereocenters. The molecule has 7 nitrogen and oxygen atoms in total. The Morgan fingerprint density at radius 2 is 2.14 bits per heavy atom. The lowest BCUT2D eigenvalue weighted by molar-refractivity contribution is -0.120. The maximum absolute atomic E-state index is 12.3. The number of Topliss-reactive ketones (excluding diaryl/α,β-unsaturated/α-hetero) is 1. The fourth-order valence-corrected chi connectivity index (χ4v) is 4.12. The van der Waals surface area contributed by atoms with Crippen LogP contribution in [0.2, 0.25) is 0 Å². The van der Waals surface area contributed by atoms with E-state index in [4.69, 9.17) is 0 Å². The van der Waals surface area contributed by atoms with Crippen molar-refractivity contribution in [1.29, 1.82) is 0 Å². The monoisotopic (exact) mass is 331 g/mol. The Morgan fingerprint density at radius 3 is 2.71 bits per heavy atom. The summed E-state index contributed by atoms with van der Waals surface area (Å²) in [4.78, 5) is 27.4. The van der Waals surface area contributed by atoms with Gasteiger partial charge in [0.2, 0.25) is 15.9 Å². The zero-order valence-corrected chi connectivity index (χ0v) is 13.5. The predicted molar refractivity (Wildman–Crippen MR) is 79.9 cm³/mol. The third-order valence-electron chi connectivity index (χ3n) is 3.28. The molecule has 2 rings (SSSR count). The van der Waals surface area contributed by atoms with Crippen LogP contribution in [0.5, 0.6) is 0 Å². The molecule has 1 aliphatic heterocycles. The van der Waals surface area contributed by atoms with Gasteiger partial charge < -0.3 is 5.32 Å². The Morgan fingerprint density at radius 1 is 1.43 bits per heavy atom. The highest BCUT2D eigenvalue weighted by Gasteiger charge is 2.34. The van der Waals surface area contributed by atoms with Gasteiger partial charge in [0.1, 0.15) is 11.7 Å². The number of sulfonamides is 1. The predicted octanol–water partition coefficient (Wildman–Crippen LogP) is 1.10. The number of rotatable bonds is 4. The summed E-state index contributed by atoms with van der Waals surface area (Å²) in [7, 11) is -3.42. The van der Waals surface area contributed by atoms with E-state index in [-0.39, 0.29) is 5.78 Å². The Labute approximate surface area is 127 Å². The molecular formula is C12H17N3O4S2. The molecule has 1 N–H and O–H groups in total. The van der Waals surface area contributed by atoms with E-state index in [1.54, 1.807) is 5.38 Å². The van der Waals surface area contributed by atoms with Gasteiger partial charge in [0.25, 0.3) is 0 Å². The molecule has 1 unspecified atom stereocenters. The number of thiazole rings is 1. The summed E-state index contributed by atoms with van der Waals surface area (Å²) >= 11 is 1.15. The molecule has 116 valence electrons. The van der Waals surface area contributed by atoms with Gasteiger partial charge in [0, 0.05) is 18.8 Å². The van der Waals surface area contributed by atoms with Gasteiger partial charge in [-0.1, -0.05) is 6.42 Å². The largest absolute Gasteiger partial charge is 0.301 e. The van der Waals surface area contributed by atoms with Crippen LogP contribution in [0, 0.1) is 0 Å². The first kappa shape index (κ1) is 16.1. The van der Waals surface area contributed by atoms with Gasteiger partial charge in [-0.15, -0.1) is 11.3 Å². The fourth-order valence-electron chi connectivity index (χ4n) is 2.25. The van der Waals surface area contributed by atoms with Gasteiger partial charge in [0.15, 0.2) is 10.9 Å². The number of ketones is 1. The Bertz CT molecular complexity index is 653. The maximum atomic E-state index is 12.3. The van der Waals surface area contributed by atoms with E-state index in [1.165, 1.54) is 11.2 Å². The summed E-state index contributed by atoms with van der Waals surface area (Å²) in [5.41, 5.74) is 0.291. The van der Waals surface area contributed by atoms with Gasteiger partial charge in [-0.05, 0) is 12.8 Å². The first-order valence-electron chi connectivity index (χ1n) is 6.53. The molecule has 1 amide bonds. The smallest absolute Gasteiger partial charge is 0.244 e. The summed E-state index contributed by atoms with van der Waals surface area (Å²) in [6.45, 7) is 1.75. The van der Waals surface area contributed by atoms with Crippen LogP contribution >= 0.6 is 11.3 Å². The molecule has 21 heavy (non-hydrogen) atoms. The van der Waals surface area contributed by atoms with Crippen LogP contribution in [0.15, 0.2) is 5.38 Å². The van der Waals surface area contributed by atoms with Crippen LogP contribution in [0.4, 0.5) is 5.13 Å². The van der Waals surface area contributed by atoms with Crippen LogP contribution < -0.4 is 5.32 Å². The van der Waals surface area contributed by atoms with Gasteiger partial charge in [-0.25, -0.2) is 13.4 Å². The average molecular weight is 331 g/mol. The summed E-state index contributed by atoms with van der Waals surface area (Å²) in [5.74, 6) is -0.577. The number of hydrogen-bond acceptors (Lipinski definition) is 6. The number of amides is 1. The van der Waals surface area contributed by atoms with Crippen LogP contribution in [-0.4, -0.2) is 48.2 Å². The third-order valence-corrected chi connectivity index (χ3v) is 5.32. The molecule has 0 bridgehead atoms. The summed E-state index contributed by atoms with van der Waals surface area (Å²) in [5, 5.41) is 4.47. The second kappa shape index (κ2) is 6.20. The number of piperidine rings is 1. The first-order valence-corrected chi connectivity index (χ1v) is 9.26. The van der Waals surface area contributed by atoms with Gasteiger partial charge in [-0.3, -0.25) is 9.59 Å². The second-order valence-electron chi connectivity index (χ2n) is 4.97. The molecule has 1 aromatic rings. The lowest BCUT2D eigenvalue weighted by Crippen LogP contribution is -2.49. The number of hydrogen-bond donors (Lipinski definition) is 1. The molecule has 0 aliphatic carbocycles. The minimum absolute atomic E-state index is 0.179. The number of aromatic nitrogens is 1. The van der Waals surface area contributed by atoms with Crippen LogP contribution in [0.1, 0.15) is 36.7 Å². The molecule has 0 radical (unpaired) electrons. The molecule has 2 heterocycles. The van der Waals surface area contributed by atoms with Crippen LogP contribution in [0.25, 0.3) is 0 Å². The van der Waals surface area contributed by atoms with Crippen molar-refractivity contribution in [2.45, 2.75) is 32.2 Å². The minimum Gasteiger partial charge on any atom is -0.301 e. The highest BCUT2D eigenvalue weighted by molar-refractivity contribution is 7.88. The van der Waals surface area contributed by atoms with Crippen molar-refractivity contribution in [2.24, 2.45) is 0 Å². The molecule has 0 aromatic carbocycles. The van der Waals surface area contributed by atoms with Gasteiger partial charge >= 0.3 is 0 Å². The molecule has 9 heteroatoms. The Hall–Kier alpha value is -1.32. The molecule has 1 saturated heterocycles. The van der Waals surface area contributed by atoms with Crippen molar-refractivity contribution in [3.8, 4) is 0 Å². The van der Waals surface area contributed by atoms with E-state index in [2.05, 4.69) is 10.3 Å². The number of carbonyl (C=O) groups is 2. The van der Waals surface area contributed by atoms with E-state index in [9.17, 15) is 18.0 Å². The summed E-state index contributed by atoms with van der Waals surface area (Å²) in [6.07, 6.45) is 3.16. The lowest BCUT2D eigenvalue weighted by Gasteiger charge is -2.32. The van der Waals surface area contributed by atoms with Crippen molar-refractivity contribution in [3.05, 3.63) is 11.1 Å². The average Bonchev–Trinajstić information content (AvgIpc) is 2.86. The molecule has 1 fully saturated rings. The first-order chi connectivity index (χ1) is 9.79. The molecule has 0 spiro atoms. The standard InChI is InChI=1S/C12H17N3O4S2/c1-8(16)9-7-20-12(13-9)14-11(17)10-5-3-4-6-15(10)21(2,18)19/h7,10H,3-6H2,1-2H3,(H,13,14,17). The quantitative estimate of drug-likeness (QED) is 0.833. The summed E-state index contributed by atoms with van der Waals surface area (Å²) < 4.78 is 24.7. The van der Waals surface area contributed by atoms with Crippen molar-refractivity contribution < 1.29 is 18.0 Å². The highest BCUT2D eigenvalue weighted by atomic mass is 32.2. The van der Waals surface area contributed by atoms with E-state index in [0.29, 0.717) is 23.8 Å². The van der Waals surface area contributed by atoms with E-state index >= 15 is 0 Å². The van der Waals surface area contributed by atoms with E-state index in [0.717, 1.165) is 30.4 Å². The fraction of sp³-hybridized carbons (Fsp3) is 0.583. The number of anilines is 1. The zero-order chi connectivity index (χ0) is 15.6. The minimum atomic E-state index is -3.42. The number of nitrogens with one attached hydrogen (secondary N) is 1. The molecule has 0 saturated carbocycles. The second-order valence-corrected chi connectivity index (χ2v) is 7.76. The van der Waals surface area contributed by atoms with Crippen molar-refractivity contribution >= 4 is 38.2 Å². The topological polar surface area (TPSA) is 96.4 Å². The summed E-state index contributed by atoms with van der Waals surface area (Å²) in [6, 6.07) is -0.710. The highest BCUT2D eigenvalue weighted by Crippen LogP contribution is 2.22. The van der Waals surface area contributed by atoms with Gasteiger partial charge in [-0.2, -0.15) is 4.31 Å². The molecule has 1 aliphatic rings. The lowest BCUT2D eigenvalue weighted by atomic mass is 10.0. The van der Waals surface area contributed by atoms with E-state index in [1.807, 2.05) is 0 Å². The van der Waals surface area contributed by atoms with Crippen molar-refractivity contribution in [3.63, 3.8) is 0 Å². The SMILES string of the molecule is CC(=O)c1csc(NC(=O)C2CCCCN2S(C)(=O)=O)n1. The number of carbonyl (C=O) groups excluding carboxylic acids is 2. The maximum Gasteiger partial charge on any atom is 0.244 e. The van der Waals surface area contributed by atoms with Crippen molar-refractivity contribution in [2.75, 3.05) is 18.1 Å². The number of nitrogens with zero attached hydrogens (tertiary/aromatic N) is 2. The third kappa shape index (κ3) is 3.86. The Balaban J connectivity index is 2.12. The molecule has 1 aromatic heterocycles. The van der Waals surface area contributed by atoms with Crippen molar-refractivity contribution in [1.82, 2.24) is 9.29 Å². The Kier molecular flexibility index (Phi) is 4.74. The zero-order valence-electron chi connectivity index (χ0n) is 11.8. The van der Waals surface area contributed by atoms with Crippen LogP contribution in [0.3, 0.4) is 0 Å². The normalized spacial score (nSPS) is 20.2. The van der Waals surface area contributed by atoms with Gasteiger partial charge in [0.05, 0.1) is 6.26 Å². The van der Waals surface area contributed by atoms with Crippen LogP contribution in [-0.2, 0) is 14.8 Å². The molecular weight excluding hydrogens is 314 g/mol.